The van der Waals surface area contributed by atoms with E-state index in [0.29, 0.717) is 6.54 Å². The minimum absolute atomic E-state index is 0.138. The van der Waals surface area contributed by atoms with Crippen molar-refractivity contribution >= 4 is 27.7 Å². The second-order valence-electron chi connectivity index (χ2n) is 3.09. The van der Waals surface area contributed by atoms with Gasteiger partial charge in [0.15, 0.2) is 0 Å². The fourth-order valence-corrected chi connectivity index (χ4v) is 2.17. The van der Waals surface area contributed by atoms with Crippen molar-refractivity contribution in [1.82, 2.24) is 0 Å². The van der Waals surface area contributed by atoms with Crippen LogP contribution in [0.25, 0.3) is 0 Å². The number of rotatable bonds is 0. The van der Waals surface area contributed by atoms with E-state index in [4.69, 9.17) is 0 Å². The first-order valence-corrected chi connectivity index (χ1v) is 4.80. The molecule has 2 rings (SSSR count). The molecule has 0 spiro atoms. The predicted molar refractivity (Wildman–Crippen MR) is 55.1 cm³/mol. The first-order chi connectivity index (χ1) is 6.16. The number of allylic oxidation sites excluding steroid dienone is 3. The van der Waals surface area contributed by atoms with Crippen molar-refractivity contribution < 1.29 is 4.39 Å². The molecule has 1 aliphatic heterocycles. The summed E-state index contributed by atoms with van der Waals surface area (Å²) in [5.74, 6) is 0.138. The van der Waals surface area contributed by atoms with Crippen molar-refractivity contribution in [2.24, 2.45) is 15.9 Å². The molecule has 0 N–H and O–H groups in total. The topological polar surface area (TPSA) is 24.7 Å². The predicted octanol–water partition coefficient (Wildman–Crippen LogP) is 2.62. The summed E-state index contributed by atoms with van der Waals surface area (Å²) < 4.78 is 13.7. The smallest absolute Gasteiger partial charge is 0.239 e. The summed E-state index contributed by atoms with van der Waals surface area (Å²) in [6.07, 6.45) is 3.33. The molecule has 2 aliphatic rings. The highest BCUT2D eigenvalue weighted by atomic mass is 79.9. The van der Waals surface area contributed by atoms with Gasteiger partial charge in [-0.25, -0.2) is 9.98 Å². The number of aliphatic imine (C=N–C) groups is 2. The zero-order chi connectivity index (χ0) is 9.42. The maximum Gasteiger partial charge on any atom is 0.304 e. The van der Waals surface area contributed by atoms with Crippen LogP contribution in [0.1, 0.15) is 6.92 Å². The highest BCUT2D eigenvalue weighted by Crippen LogP contribution is 2.26. The van der Waals surface area contributed by atoms with Crippen LogP contribution < -0.4 is 0 Å². The molecule has 0 amide bonds. The summed E-state index contributed by atoms with van der Waals surface area (Å²) in [5, 5.41) is 0. The third kappa shape index (κ3) is 1.63. The number of hydrogen-bond acceptors (Lipinski definition) is 2. The van der Waals surface area contributed by atoms with Crippen LogP contribution in [0.2, 0.25) is 0 Å². The van der Waals surface area contributed by atoms with Crippen LogP contribution in [-0.4, -0.2) is 18.3 Å². The Morgan fingerprint density at radius 1 is 1.62 bits per heavy atom. The van der Waals surface area contributed by atoms with Gasteiger partial charge in [-0.2, -0.15) is 4.39 Å². The second-order valence-corrected chi connectivity index (χ2v) is 4.01. The van der Waals surface area contributed by atoms with Gasteiger partial charge in [-0.15, -0.1) is 0 Å². The number of nitrogens with zero attached hydrogens (tertiary/aromatic N) is 2. The van der Waals surface area contributed by atoms with Crippen molar-refractivity contribution in [2.75, 3.05) is 6.54 Å². The second kappa shape index (κ2) is 3.18. The molecule has 2 nitrogen and oxygen atoms in total. The molecule has 4 heteroatoms. The molecule has 0 radical (unpaired) electrons. The highest BCUT2D eigenvalue weighted by molar-refractivity contribution is 9.11. The van der Waals surface area contributed by atoms with Gasteiger partial charge in [0.05, 0.1) is 12.3 Å². The average Bonchev–Trinajstić information content (AvgIpc) is 2.06. The van der Waals surface area contributed by atoms with Crippen LogP contribution in [0.5, 0.6) is 0 Å². The molecule has 0 aromatic heterocycles. The van der Waals surface area contributed by atoms with Crippen molar-refractivity contribution in [2.45, 2.75) is 6.92 Å². The summed E-state index contributed by atoms with van der Waals surface area (Å²) in [7, 11) is 0. The molecule has 0 saturated heterocycles. The molecule has 13 heavy (non-hydrogen) atoms. The Morgan fingerprint density at radius 2 is 2.38 bits per heavy atom. The molecular weight excluding hydrogens is 235 g/mol. The first-order valence-electron chi connectivity index (χ1n) is 4.01. The van der Waals surface area contributed by atoms with E-state index in [1.54, 1.807) is 0 Å². The molecular formula is C9H8BrFN2. The van der Waals surface area contributed by atoms with E-state index >= 15 is 0 Å². The van der Waals surface area contributed by atoms with E-state index in [1.165, 1.54) is 0 Å². The zero-order valence-corrected chi connectivity index (χ0v) is 8.68. The van der Waals surface area contributed by atoms with Gasteiger partial charge in [0.25, 0.3) is 0 Å². The number of fused-ring (bicyclic) bond motifs is 1. The summed E-state index contributed by atoms with van der Waals surface area (Å²) in [4.78, 5) is 7.44. The van der Waals surface area contributed by atoms with E-state index in [0.717, 1.165) is 15.8 Å². The standard InChI is InChI=1S/C9H8BrFN2/c1-5-2-7(10)3-6-4-12-9(11)13-8(5)6/h2-3,6H,4H2,1H3. The molecule has 68 valence electrons. The summed E-state index contributed by atoms with van der Waals surface area (Å²) in [6, 6.07) is 0. The third-order valence-electron chi connectivity index (χ3n) is 2.10. The van der Waals surface area contributed by atoms with E-state index in [9.17, 15) is 4.39 Å². The lowest BCUT2D eigenvalue weighted by Crippen LogP contribution is -2.24. The SMILES string of the molecule is CC1=CC(Br)=CC2CN=C(F)N=C12. The lowest BCUT2D eigenvalue weighted by molar-refractivity contribution is 0.734. The van der Waals surface area contributed by atoms with Crippen molar-refractivity contribution in [3.63, 3.8) is 0 Å². The monoisotopic (exact) mass is 242 g/mol. The van der Waals surface area contributed by atoms with Gasteiger partial charge in [-0.1, -0.05) is 22.0 Å². The quantitative estimate of drug-likeness (QED) is 0.584. The highest BCUT2D eigenvalue weighted by Gasteiger charge is 2.23. The van der Waals surface area contributed by atoms with Crippen LogP contribution in [0, 0.1) is 5.92 Å². The maximum absolute atomic E-state index is 12.7. The first kappa shape index (κ1) is 8.81. The van der Waals surface area contributed by atoms with E-state index in [-0.39, 0.29) is 5.92 Å². The van der Waals surface area contributed by atoms with Crippen LogP contribution in [0.4, 0.5) is 4.39 Å². The molecule has 0 fully saturated rings. The van der Waals surface area contributed by atoms with Crippen LogP contribution in [0.15, 0.2) is 32.2 Å². The summed E-state index contributed by atoms with van der Waals surface area (Å²) in [6.45, 7) is 2.39. The Labute approximate surface area is 84.1 Å². The Morgan fingerprint density at radius 3 is 3.15 bits per heavy atom. The van der Waals surface area contributed by atoms with Gasteiger partial charge in [0.2, 0.25) is 0 Å². The fourth-order valence-electron chi connectivity index (χ4n) is 1.51. The van der Waals surface area contributed by atoms with Gasteiger partial charge in [0.1, 0.15) is 0 Å². The average molecular weight is 243 g/mol. The van der Waals surface area contributed by atoms with Gasteiger partial charge >= 0.3 is 6.09 Å². The molecule has 1 atom stereocenters. The van der Waals surface area contributed by atoms with Crippen molar-refractivity contribution in [3.8, 4) is 0 Å². The fraction of sp³-hybridized carbons (Fsp3) is 0.333. The van der Waals surface area contributed by atoms with Crippen LogP contribution in [0.3, 0.4) is 0 Å². The molecule has 0 bridgehead atoms. The number of amidine groups is 1. The lowest BCUT2D eigenvalue weighted by Gasteiger charge is -2.21. The van der Waals surface area contributed by atoms with Gasteiger partial charge in [-0.3, -0.25) is 0 Å². The van der Waals surface area contributed by atoms with E-state index in [2.05, 4.69) is 25.9 Å². The van der Waals surface area contributed by atoms with E-state index < -0.39 is 6.09 Å². The maximum atomic E-state index is 12.7. The Hall–Kier alpha value is -0.770. The van der Waals surface area contributed by atoms with Gasteiger partial charge in [0, 0.05) is 10.4 Å². The molecule has 1 heterocycles. The largest absolute Gasteiger partial charge is 0.304 e. The molecule has 1 aliphatic carbocycles. The molecule has 0 saturated carbocycles. The van der Waals surface area contributed by atoms with Crippen molar-refractivity contribution in [3.05, 3.63) is 22.2 Å². The Balaban J connectivity index is 2.41. The number of hydrogen-bond donors (Lipinski definition) is 0. The van der Waals surface area contributed by atoms with E-state index in [1.807, 2.05) is 19.1 Å². The van der Waals surface area contributed by atoms with Crippen LogP contribution in [-0.2, 0) is 0 Å². The minimum atomic E-state index is -0.606. The molecule has 1 unspecified atom stereocenters. The third-order valence-corrected chi connectivity index (χ3v) is 2.59. The lowest BCUT2D eigenvalue weighted by atomic mass is 9.92. The van der Waals surface area contributed by atoms with Crippen LogP contribution >= 0.6 is 15.9 Å². The Bertz CT molecular complexity index is 366. The summed E-state index contributed by atoms with van der Waals surface area (Å²) >= 11 is 3.39. The Kier molecular flexibility index (Phi) is 2.15. The zero-order valence-electron chi connectivity index (χ0n) is 7.09. The van der Waals surface area contributed by atoms with Gasteiger partial charge in [-0.05, 0) is 18.6 Å². The minimum Gasteiger partial charge on any atom is -0.239 e. The normalized spacial score (nSPS) is 26.8. The molecule has 0 aromatic carbocycles. The number of halogens is 2. The van der Waals surface area contributed by atoms with Crippen molar-refractivity contribution in [1.29, 1.82) is 0 Å². The summed E-state index contributed by atoms with van der Waals surface area (Å²) in [5.41, 5.74) is 1.81. The molecule has 0 aromatic rings. The van der Waals surface area contributed by atoms with Gasteiger partial charge < -0.3 is 0 Å².